The lowest BCUT2D eigenvalue weighted by Crippen LogP contribution is -2.43. The van der Waals surface area contributed by atoms with Gasteiger partial charge in [0, 0.05) is 44.9 Å². The maximum atomic E-state index is 12.3. The van der Waals surface area contributed by atoms with Crippen LogP contribution in [0, 0.1) is 0 Å². The van der Waals surface area contributed by atoms with Crippen molar-refractivity contribution >= 4 is 30.1 Å². The molecule has 6 nitrogen and oxygen atoms in total. The first-order valence-corrected chi connectivity index (χ1v) is 7.47. The number of hydrogen-bond acceptors (Lipinski definition) is 4. The number of likely N-dealkylation sites (tertiary alicyclic amines) is 1. The fraction of sp³-hybridized carbons (Fsp3) is 0.786. The number of nitrogens with one attached hydrogen (secondary N) is 1. The van der Waals surface area contributed by atoms with Gasteiger partial charge in [-0.3, -0.25) is 19.3 Å². The Kier molecular flexibility index (Phi) is 7.11. The maximum Gasteiger partial charge on any atom is 0.229 e. The van der Waals surface area contributed by atoms with E-state index in [2.05, 4.69) is 12.2 Å². The summed E-state index contributed by atoms with van der Waals surface area (Å²) in [7, 11) is 0. The highest BCUT2D eigenvalue weighted by Gasteiger charge is 2.31. The van der Waals surface area contributed by atoms with E-state index in [0.29, 0.717) is 0 Å². The summed E-state index contributed by atoms with van der Waals surface area (Å²) < 4.78 is 0. The summed E-state index contributed by atoms with van der Waals surface area (Å²) in [4.78, 5) is 38.5. The summed E-state index contributed by atoms with van der Waals surface area (Å²) in [6, 6.07) is 0.257. The number of imide groups is 1. The number of amides is 3. The quantitative estimate of drug-likeness (QED) is 0.726. The third-order valence-corrected chi connectivity index (χ3v) is 3.96. The normalized spacial score (nSPS) is 21.6. The molecular weight excluding hydrogens is 294 g/mol. The monoisotopic (exact) mass is 317 g/mol. The van der Waals surface area contributed by atoms with Crippen LogP contribution >= 0.6 is 12.4 Å². The van der Waals surface area contributed by atoms with Gasteiger partial charge in [-0.05, 0) is 19.4 Å². The molecule has 0 aromatic rings. The summed E-state index contributed by atoms with van der Waals surface area (Å²) in [6.45, 7) is 4.81. The summed E-state index contributed by atoms with van der Waals surface area (Å²) in [6.07, 6.45) is 2.72. The van der Waals surface area contributed by atoms with E-state index < -0.39 is 0 Å². The smallest absolute Gasteiger partial charge is 0.229 e. The minimum absolute atomic E-state index is 0. The SMILES string of the molecule is CCCN(C(=O)CCN1C(=O)CCC1=O)C1CCNC1.Cl. The molecule has 0 saturated carbocycles. The molecule has 2 aliphatic rings. The summed E-state index contributed by atoms with van der Waals surface area (Å²) in [5.74, 6) is -0.243. The molecule has 0 aromatic heterocycles. The van der Waals surface area contributed by atoms with Crippen molar-refractivity contribution in [1.29, 1.82) is 0 Å². The number of halogens is 1. The predicted octanol–water partition coefficient (Wildman–Crippen LogP) is 0.548. The standard InChI is InChI=1S/C14H23N3O3.ClH/c1-2-8-16(11-5-7-15-10-11)14(20)6-9-17-12(18)3-4-13(17)19;/h11,15H,2-10H2,1H3;1H. The zero-order valence-electron chi connectivity index (χ0n) is 12.5. The molecule has 0 spiro atoms. The van der Waals surface area contributed by atoms with Crippen LogP contribution in [0.3, 0.4) is 0 Å². The van der Waals surface area contributed by atoms with Crippen molar-refractivity contribution in [2.24, 2.45) is 0 Å². The Hall–Kier alpha value is -1.14. The van der Waals surface area contributed by atoms with Gasteiger partial charge in [0.2, 0.25) is 17.7 Å². The number of carbonyl (C=O) groups excluding carboxylic acids is 3. The first kappa shape index (κ1) is 17.9. The molecule has 1 unspecified atom stereocenters. The maximum absolute atomic E-state index is 12.3. The van der Waals surface area contributed by atoms with Crippen molar-refractivity contribution in [3.05, 3.63) is 0 Å². The van der Waals surface area contributed by atoms with Crippen molar-refractivity contribution in [1.82, 2.24) is 15.1 Å². The van der Waals surface area contributed by atoms with Crippen LogP contribution in [0.4, 0.5) is 0 Å². The highest BCUT2D eigenvalue weighted by atomic mass is 35.5. The Labute approximate surface area is 131 Å². The van der Waals surface area contributed by atoms with Crippen LogP contribution in [0.25, 0.3) is 0 Å². The average Bonchev–Trinajstić information content (AvgIpc) is 3.05. The fourth-order valence-electron chi connectivity index (χ4n) is 2.88. The van der Waals surface area contributed by atoms with Gasteiger partial charge < -0.3 is 10.2 Å². The molecule has 7 heteroatoms. The Bertz CT molecular complexity index is 381. The van der Waals surface area contributed by atoms with Gasteiger partial charge in [0.1, 0.15) is 0 Å². The zero-order chi connectivity index (χ0) is 14.5. The van der Waals surface area contributed by atoms with Crippen LogP contribution in [0.5, 0.6) is 0 Å². The Morgan fingerprint density at radius 1 is 1.33 bits per heavy atom. The molecule has 2 saturated heterocycles. The lowest BCUT2D eigenvalue weighted by Gasteiger charge is -2.29. The van der Waals surface area contributed by atoms with Gasteiger partial charge in [-0.15, -0.1) is 12.4 Å². The van der Waals surface area contributed by atoms with E-state index in [1.807, 2.05) is 4.90 Å². The fourth-order valence-corrected chi connectivity index (χ4v) is 2.88. The lowest BCUT2D eigenvalue weighted by atomic mass is 10.2. The van der Waals surface area contributed by atoms with Crippen molar-refractivity contribution < 1.29 is 14.4 Å². The topological polar surface area (TPSA) is 69.7 Å². The van der Waals surface area contributed by atoms with Crippen molar-refractivity contribution in [2.75, 3.05) is 26.2 Å². The Morgan fingerprint density at radius 3 is 2.52 bits per heavy atom. The molecule has 2 heterocycles. The van der Waals surface area contributed by atoms with Crippen LogP contribution < -0.4 is 5.32 Å². The molecule has 0 aromatic carbocycles. The van der Waals surface area contributed by atoms with E-state index in [9.17, 15) is 14.4 Å². The molecule has 1 atom stereocenters. The van der Waals surface area contributed by atoms with Gasteiger partial charge >= 0.3 is 0 Å². The third kappa shape index (κ3) is 4.41. The molecule has 2 fully saturated rings. The van der Waals surface area contributed by atoms with Gasteiger partial charge in [0.25, 0.3) is 0 Å². The van der Waals surface area contributed by atoms with E-state index in [1.54, 1.807) is 0 Å². The van der Waals surface area contributed by atoms with E-state index in [0.717, 1.165) is 32.5 Å². The summed E-state index contributed by atoms with van der Waals surface area (Å²) >= 11 is 0. The molecule has 2 aliphatic heterocycles. The molecule has 0 radical (unpaired) electrons. The summed E-state index contributed by atoms with van der Waals surface area (Å²) in [5.41, 5.74) is 0. The van der Waals surface area contributed by atoms with E-state index in [4.69, 9.17) is 0 Å². The van der Waals surface area contributed by atoms with Crippen molar-refractivity contribution in [3.63, 3.8) is 0 Å². The highest BCUT2D eigenvalue weighted by Crippen LogP contribution is 2.14. The van der Waals surface area contributed by atoms with Gasteiger partial charge in [-0.25, -0.2) is 0 Å². The largest absolute Gasteiger partial charge is 0.338 e. The van der Waals surface area contributed by atoms with E-state index in [-0.39, 0.29) is 62.0 Å². The predicted molar refractivity (Wildman–Crippen MR) is 81.1 cm³/mol. The van der Waals surface area contributed by atoms with Crippen LogP contribution in [0.2, 0.25) is 0 Å². The molecule has 2 rings (SSSR count). The number of carbonyl (C=O) groups is 3. The molecule has 120 valence electrons. The van der Waals surface area contributed by atoms with Gasteiger partial charge in [-0.1, -0.05) is 6.92 Å². The highest BCUT2D eigenvalue weighted by molar-refractivity contribution is 6.02. The van der Waals surface area contributed by atoms with Gasteiger partial charge in [-0.2, -0.15) is 0 Å². The molecule has 3 amide bonds. The summed E-state index contributed by atoms with van der Waals surface area (Å²) in [5, 5.41) is 3.26. The Balaban J connectivity index is 0.00000220. The first-order chi connectivity index (χ1) is 9.63. The molecule has 0 bridgehead atoms. The minimum atomic E-state index is -0.146. The minimum Gasteiger partial charge on any atom is -0.338 e. The zero-order valence-corrected chi connectivity index (χ0v) is 13.3. The molecule has 1 N–H and O–H groups in total. The average molecular weight is 318 g/mol. The molecule has 0 aliphatic carbocycles. The van der Waals surface area contributed by atoms with Crippen molar-refractivity contribution in [3.8, 4) is 0 Å². The number of nitrogens with zero attached hydrogens (tertiary/aromatic N) is 2. The second-order valence-electron chi connectivity index (χ2n) is 5.42. The van der Waals surface area contributed by atoms with E-state index >= 15 is 0 Å². The molecule has 21 heavy (non-hydrogen) atoms. The van der Waals surface area contributed by atoms with Crippen LogP contribution in [-0.2, 0) is 14.4 Å². The van der Waals surface area contributed by atoms with Crippen LogP contribution in [0.1, 0.15) is 39.0 Å². The lowest BCUT2D eigenvalue weighted by molar-refractivity contribution is -0.139. The van der Waals surface area contributed by atoms with Crippen molar-refractivity contribution in [2.45, 2.75) is 45.1 Å². The van der Waals surface area contributed by atoms with Crippen LogP contribution in [-0.4, -0.2) is 59.7 Å². The third-order valence-electron chi connectivity index (χ3n) is 3.96. The van der Waals surface area contributed by atoms with Gasteiger partial charge in [0.05, 0.1) is 0 Å². The van der Waals surface area contributed by atoms with E-state index in [1.165, 1.54) is 4.90 Å². The first-order valence-electron chi connectivity index (χ1n) is 7.47. The molecular formula is C14H24ClN3O3. The second kappa shape index (κ2) is 8.34. The van der Waals surface area contributed by atoms with Gasteiger partial charge in [0.15, 0.2) is 0 Å². The number of hydrogen-bond donors (Lipinski definition) is 1. The van der Waals surface area contributed by atoms with Crippen LogP contribution in [0.15, 0.2) is 0 Å². The second-order valence-corrected chi connectivity index (χ2v) is 5.42. The Morgan fingerprint density at radius 2 is 2.00 bits per heavy atom. The number of rotatable bonds is 6.